The van der Waals surface area contributed by atoms with E-state index in [0.717, 1.165) is 36.5 Å². The Morgan fingerprint density at radius 2 is 2.41 bits per heavy atom. The van der Waals surface area contributed by atoms with E-state index in [2.05, 4.69) is 10.2 Å². The van der Waals surface area contributed by atoms with Crippen molar-refractivity contribution in [2.45, 2.75) is 25.8 Å². The van der Waals surface area contributed by atoms with Gasteiger partial charge in [-0.1, -0.05) is 0 Å². The molecule has 1 aromatic heterocycles. The molecule has 2 saturated heterocycles. The van der Waals surface area contributed by atoms with Crippen LogP contribution in [0.4, 0.5) is 0 Å². The quantitative estimate of drug-likeness (QED) is 0.825. The lowest BCUT2D eigenvalue weighted by Crippen LogP contribution is -2.48. The summed E-state index contributed by atoms with van der Waals surface area (Å²) in [7, 11) is 0. The van der Waals surface area contributed by atoms with Crippen molar-refractivity contribution in [2.75, 3.05) is 19.6 Å². The summed E-state index contributed by atoms with van der Waals surface area (Å²) in [4.78, 5) is 15.6. The van der Waals surface area contributed by atoms with Crippen LogP contribution in [-0.2, 0) is 0 Å². The fourth-order valence-electron chi connectivity index (χ4n) is 3.04. The third-order valence-electron chi connectivity index (χ3n) is 4.00. The SMILES string of the molecule is Cc1ccsc1C(=O)N1CCCC2CNCC21. The first-order chi connectivity index (χ1) is 8.27. The number of rotatable bonds is 1. The predicted octanol–water partition coefficient (Wildman–Crippen LogP) is 1.88. The largest absolute Gasteiger partial charge is 0.333 e. The molecule has 17 heavy (non-hydrogen) atoms. The second-order valence-corrected chi connectivity index (χ2v) is 5.98. The first-order valence-corrected chi connectivity index (χ1v) is 7.21. The van der Waals surface area contributed by atoms with Gasteiger partial charge in [0.2, 0.25) is 0 Å². The highest BCUT2D eigenvalue weighted by molar-refractivity contribution is 7.12. The van der Waals surface area contributed by atoms with Crippen molar-refractivity contribution in [3.63, 3.8) is 0 Å². The molecule has 3 heterocycles. The van der Waals surface area contributed by atoms with Crippen LogP contribution in [0.1, 0.15) is 28.1 Å². The number of hydrogen-bond donors (Lipinski definition) is 1. The summed E-state index contributed by atoms with van der Waals surface area (Å²) in [5.41, 5.74) is 1.12. The standard InChI is InChI=1S/C13H18N2OS/c1-9-4-6-17-12(9)13(16)15-5-2-3-10-7-14-8-11(10)15/h4,6,10-11,14H,2-3,5,7-8H2,1H3. The Hall–Kier alpha value is -0.870. The van der Waals surface area contributed by atoms with Crippen molar-refractivity contribution in [3.05, 3.63) is 21.9 Å². The van der Waals surface area contributed by atoms with E-state index in [1.807, 2.05) is 18.4 Å². The van der Waals surface area contributed by atoms with E-state index in [4.69, 9.17) is 0 Å². The van der Waals surface area contributed by atoms with Crippen LogP contribution >= 0.6 is 11.3 Å². The summed E-state index contributed by atoms with van der Waals surface area (Å²) >= 11 is 1.57. The molecule has 92 valence electrons. The van der Waals surface area contributed by atoms with Gasteiger partial charge in [0.05, 0.1) is 4.88 Å². The average molecular weight is 250 g/mol. The summed E-state index contributed by atoms with van der Waals surface area (Å²) in [6.07, 6.45) is 2.42. The van der Waals surface area contributed by atoms with Crippen LogP contribution in [0.3, 0.4) is 0 Å². The van der Waals surface area contributed by atoms with Crippen molar-refractivity contribution in [3.8, 4) is 0 Å². The zero-order valence-corrected chi connectivity index (χ0v) is 10.9. The molecule has 0 aliphatic carbocycles. The number of carbonyl (C=O) groups excluding carboxylic acids is 1. The zero-order valence-electron chi connectivity index (χ0n) is 10.1. The zero-order chi connectivity index (χ0) is 11.8. The minimum atomic E-state index is 0.246. The monoisotopic (exact) mass is 250 g/mol. The van der Waals surface area contributed by atoms with E-state index < -0.39 is 0 Å². The van der Waals surface area contributed by atoms with Crippen LogP contribution in [0.5, 0.6) is 0 Å². The number of thiophene rings is 1. The molecule has 0 radical (unpaired) electrons. The summed E-state index contributed by atoms with van der Waals surface area (Å²) in [5, 5.41) is 5.43. The van der Waals surface area contributed by atoms with Crippen molar-refractivity contribution >= 4 is 17.2 Å². The summed E-state index contributed by atoms with van der Waals surface area (Å²) in [5.74, 6) is 0.920. The molecule has 0 saturated carbocycles. The van der Waals surface area contributed by atoms with Gasteiger partial charge in [-0.3, -0.25) is 4.79 Å². The molecule has 2 unspecified atom stereocenters. The van der Waals surface area contributed by atoms with Gasteiger partial charge in [-0.05, 0) is 42.7 Å². The number of aryl methyl sites for hydroxylation is 1. The van der Waals surface area contributed by atoms with Crippen LogP contribution in [-0.4, -0.2) is 36.5 Å². The van der Waals surface area contributed by atoms with Gasteiger partial charge in [-0.2, -0.15) is 0 Å². The average Bonchev–Trinajstić information content (AvgIpc) is 2.95. The Morgan fingerprint density at radius 1 is 1.53 bits per heavy atom. The van der Waals surface area contributed by atoms with Crippen molar-refractivity contribution in [2.24, 2.45) is 5.92 Å². The Balaban J connectivity index is 1.83. The van der Waals surface area contributed by atoms with Gasteiger partial charge in [0.15, 0.2) is 0 Å². The molecule has 1 amide bonds. The molecule has 1 aromatic rings. The second kappa shape index (κ2) is 4.42. The van der Waals surface area contributed by atoms with E-state index >= 15 is 0 Å². The highest BCUT2D eigenvalue weighted by Gasteiger charge is 2.38. The number of piperidine rings is 1. The smallest absolute Gasteiger partial charge is 0.264 e. The summed E-state index contributed by atoms with van der Waals surface area (Å²) in [6, 6.07) is 2.46. The molecule has 2 atom stereocenters. The topological polar surface area (TPSA) is 32.3 Å². The molecule has 2 aliphatic rings. The van der Waals surface area contributed by atoms with Gasteiger partial charge in [-0.15, -0.1) is 11.3 Å². The third kappa shape index (κ3) is 1.89. The maximum absolute atomic E-state index is 12.5. The minimum absolute atomic E-state index is 0.246. The van der Waals surface area contributed by atoms with Gasteiger partial charge in [0.25, 0.3) is 5.91 Å². The summed E-state index contributed by atoms with van der Waals surface area (Å²) in [6.45, 7) is 5.01. The Labute approximate surface area is 106 Å². The predicted molar refractivity (Wildman–Crippen MR) is 69.5 cm³/mol. The highest BCUT2D eigenvalue weighted by atomic mass is 32.1. The van der Waals surface area contributed by atoms with Crippen LogP contribution in [0.15, 0.2) is 11.4 Å². The second-order valence-electron chi connectivity index (χ2n) is 5.06. The van der Waals surface area contributed by atoms with Crippen molar-refractivity contribution in [1.29, 1.82) is 0 Å². The van der Waals surface area contributed by atoms with E-state index in [1.54, 1.807) is 11.3 Å². The number of likely N-dealkylation sites (tertiary alicyclic amines) is 1. The fraction of sp³-hybridized carbons (Fsp3) is 0.615. The molecule has 4 heteroatoms. The van der Waals surface area contributed by atoms with E-state index in [1.165, 1.54) is 6.42 Å². The molecular weight excluding hydrogens is 232 g/mol. The number of nitrogens with zero attached hydrogens (tertiary/aromatic N) is 1. The van der Waals surface area contributed by atoms with Crippen molar-refractivity contribution in [1.82, 2.24) is 10.2 Å². The lowest BCUT2D eigenvalue weighted by Gasteiger charge is -2.37. The highest BCUT2D eigenvalue weighted by Crippen LogP contribution is 2.29. The van der Waals surface area contributed by atoms with Gasteiger partial charge in [-0.25, -0.2) is 0 Å². The first-order valence-electron chi connectivity index (χ1n) is 6.33. The number of nitrogens with one attached hydrogen (secondary N) is 1. The van der Waals surface area contributed by atoms with E-state index in [-0.39, 0.29) is 5.91 Å². The van der Waals surface area contributed by atoms with Crippen LogP contribution in [0.2, 0.25) is 0 Å². The molecule has 2 fully saturated rings. The molecular formula is C13H18N2OS. The van der Waals surface area contributed by atoms with E-state index in [0.29, 0.717) is 12.0 Å². The van der Waals surface area contributed by atoms with Gasteiger partial charge >= 0.3 is 0 Å². The first kappa shape index (κ1) is 11.2. The molecule has 0 aromatic carbocycles. The lowest BCUT2D eigenvalue weighted by molar-refractivity contribution is 0.0579. The Bertz CT molecular complexity index is 429. The molecule has 2 aliphatic heterocycles. The van der Waals surface area contributed by atoms with Crippen molar-refractivity contribution < 1.29 is 4.79 Å². The number of carbonyl (C=O) groups is 1. The molecule has 1 N–H and O–H groups in total. The van der Waals surface area contributed by atoms with Gasteiger partial charge in [0, 0.05) is 25.7 Å². The van der Waals surface area contributed by atoms with Gasteiger partial charge in [0.1, 0.15) is 0 Å². The fourth-order valence-corrected chi connectivity index (χ4v) is 3.92. The summed E-state index contributed by atoms with van der Waals surface area (Å²) < 4.78 is 0. The van der Waals surface area contributed by atoms with Crippen LogP contribution in [0.25, 0.3) is 0 Å². The molecule has 0 bridgehead atoms. The normalized spacial score (nSPS) is 28.2. The molecule has 3 rings (SSSR count). The molecule has 3 nitrogen and oxygen atoms in total. The maximum atomic E-state index is 12.5. The number of amides is 1. The van der Waals surface area contributed by atoms with Gasteiger partial charge < -0.3 is 10.2 Å². The minimum Gasteiger partial charge on any atom is -0.333 e. The number of fused-ring (bicyclic) bond motifs is 1. The molecule has 0 spiro atoms. The lowest BCUT2D eigenvalue weighted by atomic mass is 9.92. The van der Waals surface area contributed by atoms with Crippen LogP contribution in [0, 0.1) is 12.8 Å². The number of hydrogen-bond acceptors (Lipinski definition) is 3. The Kier molecular flexibility index (Phi) is 2.92. The maximum Gasteiger partial charge on any atom is 0.264 e. The van der Waals surface area contributed by atoms with E-state index in [9.17, 15) is 4.79 Å². The van der Waals surface area contributed by atoms with Crippen LogP contribution < -0.4 is 5.32 Å². The Morgan fingerprint density at radius 3 is 3.18 bits per heavy atom. The third-order valence-corrected chi connectivity index (χ3v) is 5.00.